The van der Waals surface area contributed by atoms with Crippen molar-refractivity contribution in [3.05, 3.63) is 71.6 Å². The molecule has 1 aliphatic carbocycles. The average Bonchev–Trinajstić information content (AvgIpc) is 3.68. The fraction of sp³-hybridized carbons (Fsp3) is 0.385. The first-order valence-corrected chi connectivity index (χ1v) is 13.5. The average molecular weight is 498 g/mol. The molecule has 1 unspecified atom stereocenters. The molecule has 0 saturated heterocycles. The van der Waals surface area contributed by atoms with Gasteiger partial charge in [-0.25, -0.2) is 17.8 Å². The highest BCUT2D eigenvalue weighted by Crippen LogP contribution is 2.31. The summed E-state index contributed by atoms with van der Waals surface area (Å²) >= 11 is 0. The molecule has 3 aromatic rings. The second-order valence-electron chi connectivity index (χ2n) is 8.65. The highest BCUT2D eigenvalue weighted by atomic mass is 32.2. The number of rotatable bonds is 11. The van der Waals surface area contributed by atoms with Crippen molar-refractivity contribution in [2.24, 2.45) is 0 Å². The predicted molar refractivity (Wildman–Crippen MR) is 130 cm³/mol. The molecular formula is C26H28FN3O4S. The van der Waals surface area contributed by atoms with Crippen molar-refractivity contribution in [3.63, 3.8) is 0 Å². The monoisotopic (exact) mass is 497 g/mol. The van der Waals surface area contributed by atoms with E-state index in [-0.39, 0.29) is 28.8 Å². The lowest BCUT2D eigenvalue weighted by molar-refractivity contribution is -0.120. The number of sulfone groups is 1. The summed E-state index contributed by atoms with van der Waals surface area (Å²) in [6.07, 6.45) is 4.80. The van der Waals surface area contributed by atoms with E-state index in [2.05, 4.69) is 15.0 Å². The molecule has 184 valence electrons. The summed E-state index contributed by atoms with van der Waals surface area (Å²) in [5, 5.41) is -0.268. The van der Waals surface area contributed by atoms with Gasteiger partial charge in [-0.2, -0.15) is 0 Å². The Balaban J connectivity index is 1.49. The number of nitrogens with zero attached hydrogens (tertiary/aromatic N) is 3. The van der Waals surface area contributed by atoms with Gasteiger partial charge in [0.15, 0.2) is 9.84 Å². The number of ether oxygens (including phenoxy) is 1. The number of carbonyl (C=O) groups excluding carboxylic acids is 1. The summed E-state index contributed by atoms with van der Waals surface area (Å²) < 4.78 is 45.0. The van der Waals surface area contributed by atoms with E-state index in [0.29, 0.717) is 54.4 Å². The zero-order valence-electron chi connectivity index (χ0n) is 19.8. The van der Waals surface area contributed by atoms with Crippen LogP contribution in [0.5, 0.6) is 5.88 Å². The van der Waals surface area contributed by atoms with Gasteiger partial charge in [0.05, 0.1) is 53.0 Å². The summed E-state index contributed by atoms with van der Waals surface area (Å²) in [5.41, 5.74) is 2.23. The fourth-order valence-corrected chi connectivity index (χ4v) is 5.65. The Bertz CT molecular complexity index is 1330. The number of pyridine rings is 1. The highest BCUT2D eigenvalue weighted by Gasteiger charge is 2.36. The Morgan fingerprint density at radius 2 is 1.94 bits per heavy atom. The van der Waals surface area contributed by atoms with E-state index in [4.69, 9.17) is 4.74 Å². The maximum atomic E-state index is 14.9. The lowest BCUT2D eigenvalue weighted by Gasteiger charge is -2.15. The van der Waals surface area contributed by atoms with Gasteiger partial charge < -0.3 is 4.74 Å². The van der Waals surface area contributed by atoms with Crippen molar-refractivity contribution in [2.75, 3.05) is 6.61 Å². The first-order chi connectivity index (χ1) is 16.8. The van der Waals surface area contributed by atoms with E-state index in [1.165, 1.54) is 18.5 Å². The smallest absolute Gasteiger partial charge is 0.232 e. The van der Waals surface area contributed by atoms with Gasteiger partial charge in [-0.3, -0.25) is 14.8 Å². The number of benzene rings is 1. The maximum absolute atomic E-state index is 14.9. The van der Waals surface area contributed by atoms with Gasteiger partial charge >= 0.3 is 0 Å². The molecule has 9 heteroatoms. The SMILES string of the molecule is CCOc1cncc(-c2ccc(CC(=O)C(CC)c3cccc(CS(=O)(=O)C4CC4)n3)c(F)c2)n1. The number of carbonyl (C=O) groups is 1. The van der Waals surface area contributed by atoms with E-state index in [1.807, 2.05) is 13.8 Å². The van der Waals surface area contributed by atoms with Gasteiger partial charge in [-0.15, -0.1) is 0 Å². The summed E-state index contributed by atoms with van der Waals surface area (Å²) in [4.78, 5) is 26.0. The molecule has 0 amide bonds. The standard InChI is InChI=1S/C26H28FN3O4S/c1-3-21(23-7-5-6-19(29-23)16-35(32,33)20-10-11-20)25(31)13-17-8-9-18(12-22(17)27)24-14-28-15-26(30-24)34-4-2/h5-9,12,14-15,20-21H,3-4,10-11,13,16H2,1-2H3. The Kier molecular flexibility index (Phi) is 7.54. The normalized spacial score (nSPS) is 14.5. The molecular weight excluding hydrogens is 469 g/mol. The lowest BCUT2D eigenvalue weighted by Crippen LogP contribution is -2.18. The minimum atomic E-state index is -3.21. The fourth-order valence-electron chi connectivity index (χ4n) is 3.99. The quantitative estimate of drug-likeness (QED) is 0.386. The van der Waals surface area contributed by atoms with Crippen LogP contribution in [0.15, 0.2) is 48.8 Å². The van der Waals surface area contributed by atoms with Crippen LogP contribution in [0, 0.1) is 5.82 Å². The predicted octanol–water partition coefficient (Wildman–Crippen LogP) is 4.46. The zero-order chi connectivity index (χ0) is 25.0. The largest absolute Gasteiger partial charge is 0.477 e. The molecule has 4 rings (SSSR count). The number of aromatic nitrogens is 3. The summed E-state index contributed by atoms with van der Waals surface area (Å²) in [5.74, 6) is -1.00. The molecule has 2 heterocycles. The van der Waals surface area contributed by atoms with E-state index in [9.17, 15) is 17.6 Å². The van der Waals surface area contributed by atoms with Crippen molar-refractivity contribution in [2.45, 2.75) is 56.5 Å². The van der Waals surface area contributed by atoms with Crippen LogP contribution < -0.4 is 4.74 Å². The molecule has 0 spiro atoms. The van der Waals surface area contributed by atoms with Crippen LogP contribution in [-0.2, 0) is 26.8 Å². The van der Waals surface area contributed by atoms with Crippen molar-refractivity contribution < 1.29 is 22.3 Å². The van der Waals surface area contributed by atoms with Crippen LogP contribution in [0.1, 0.15) is 56.0 Å². The van der Waals surface area contributed by atoms with Crippen molar-refractivity contribution in [1.82, 2.24) is 15.0 Å². The van der Waals surface area contributed by atoms with Gasteiger partial charge in [0.25, 0.3) is 0 Å². The summed E-state index contributed by atoms with van der Waals surface area (Å²) in [6.45, 7) is 4.15. The molecule has 0 bridgehead atoms. The Morgan fingerprint density at radius 1 is 1.14 bits per heavy atom. The number of hydrogen-bond donors (Lipinski definition) is 0. The van der Waals surface area contributed by atoms with Crippen LogP contribution in [0.3, 0.4) is 0 Å². The van der Waals surface area contributed by atoms with Crippen LogP contribution in [0.2, 0.25) is 0 Å². The van der Waals surface area contributed by atoms with Gasteiger partial charge in [-0.1, -0.05) is 25.1 Å². The second kappa shape index (κ2) is 10.6. The van der Waals surface area contributed by atoms with Gasteiger partial charge in [-0.05, 0) is 49.9 Å². The molecule has 1 aromatic carbocycles. The number of ketones is 1. The van der Waals surface area contributed by atoms with Crippen LogP contribution in [0.25, 0.3) is 11.3 Å². The van der Waals surface area contributed by atoms with E-state index < -0.39 is 21.6 Å². The van der Waals surface area contributed by atoms with Crippen molar-refractivity contribution >= 4 is 15.6 Å². The molecule has 1 fully saturated rings. The Hall–Kier alpha value is -3.20. The van der Waals surface area contributed by atoms with Crippen LogP contribution in [-0.4, -0.2) is 41.0 Å². The molecule has 0 aliphatic heterocycles. The minimum Gasteiger partial charge on any atom is -0.477 e. The third-order valence-corrected chi connectivity index (χ3v) is 8.17. The maximum Gasteiger partial charge on any atom is 0.232 e. The van der Waals surface area contributed by atoms with Gasteiger partial charge in [0, 0.05) is 12.0 Å². The zero-order valence-corrected chi connectivity index (χ0v) is 20.6. The second-order valence-corrected chi connectivity index (χ2v) is 10.9. The molecule has 2 aromatic heterocycles. The molecule has 0 N–H and O–H groups in total. The van der Waals surface area contributed by atoms with Crippen LogP contribution >= 0.6 is 0 Å². The number of hydrogen-bond acceptors (Lipinski definition) is 7. The van der Waals surface area contributed by atoms with Gasteiger partial charge in [0.2, 0.25) is 5.88 Å². The molecule has 0 radical (unpaired) electrons. The molecule has 1 aliphatic rings. The summed E-state index contributed by atoms with van der Waals surface area (Å²) in [6, 6.07) is 9.74. The molecule has 1 saturated carbocycles. The van der Waals surface area contributed by atoms with E-state index in [0.717, 1.165) is 0 Å². The van der Waals surface area contributed by atoms with Gasteiger partial charge in [0.1, 0.15) is 11.6 Å². The third-order valence-electron chi connectivity index (χ3n) is 5.98. The topological polar surface area (TPSA) is 99.1 Å². The van der Waals surface area contributed by atoms with Crippen LogP contribution in [0.4, 0.5) is 4.39 Å². The minimum absolute atomic E-state index is 0.0957. The summed E-state index contributed by atoms with van der Waals surface area (Å²) in [7, 11) is -3.21. The van der Waals surface area contributed by atoms with E-state index in [1.54, 1.807) is 30.3 Å². The highest BCUT2D eigenvalue weighted by molar-refractivity contribution is 7.91. The van der Waals surface area contributed by atoms with E-state index >= 15 is 0 Å². The molecule has 1 atom stereocenters. The molecule has 35 heavy (non-hydrogen) atoms. The first-order valence-electron chi connectivity index (χ1n) is 11.7. The number of halogens is 1. The van der Waals surface area contributed by atoms with Crippen molar-refractivity contribution in [1.29, 1.82) is 0 Å². The Morgan fingerprint density at radius 3 is 2.63 bits per heavy atom. The lowest BCUT2D eigenvalue weighted by atomic mass is 9.91. The number of Topliss-reactive ketones (excluding diaryl/α,β-unsaturated/α-hetero) is 1. The van der Waals surface area contributed by atoms with Crippen molar-refractivity contribution in [3.8, 4) is 17.1 Å². The third kappa shape index (κ3) is 6.08. The Labute approximate surface area is 204 Å². The molecule has 7 nitrogen and oxygen atoms in total. The first kappa shape index (κ1) is 24.9.